The molecule has 0 saturated carbocycles. The van der Waals surface area contributed by atoms with E-state index in [9.17, 15) is 0 Å². The fourth-order valence-electron chi connectivity index (χ4n) is 1.26. The van der Waals surface area contributed by atoms with Gasteiger partial charge in [-0.3, -0.25) is 0 Å². The van der Waals surface area contributed by atoms with Crippen molar-refractivity contribution in [2.75, 3.05) is 0 Å². The molecule has 0 aliphatic rings. The maximum Gasteiger partial charge on any atom is -0.0187 e. The van der Waals surface area contributed by atoms with Gasteiger partial charge in [0.05, 0.1) is 0 Å². The SMILES string of the molecule is C=c1cccc/c1=C/C(=C\C)CC. The summed E-state index contributed by atoms with van der Waals surface area (Å²) in [5.74, 6) is 0. The highest BCUT2D eigenvalue weighted by molar-refractivity contribution is 5.46. The summed E-state index contributed by atoms with van der Waals surface area (Å²) >= 11 is 0. The molecule has 0 heterocycles. The summed E-state index contributed by atoms with van der Waals surface area (Å²) in [4.78, 5) is 0. The number of benzene rings is 1. The van der Waals surface area contributed by atoms with Crippen molar-refractivity contribution in [3.8, 4) is 0 Å². The molecule has 13 heavy (non-hydrogen) atoms. The Morgan fingerprint density at radius 2 is 2.08 bits per heavy atom. The first-order chi connectivity index (χ1) is 6.27. The molecule has 0 bridgehead atoms. The molecule has 0 aromatic heterocycles. The lowest BCUT2D eigenvalue weighted by molar-refractivity contribution is 1.16. The summed E-state index contributed by atoms with van der Waals surface area (Å²) in [5.41, 5.74) is 1.36. The monoisotopic (exact) mass is 172 g/mol. The van der Waals surface area contributed by atoms with Crippen LogP contribution in [0.5, 0.6) is 0 Å². The third-order valence-corrected chi connectivity index (χ3v) is 2.18. The first-order valence-electron chi connectivity index (χ1n) is 4.68. The largest absolute Gasteiger partial charge is 0.0912 e. The van der Waals surface area contributed by atoms with Crippen LogP contribution in [-0.4, -0.2) is 0 Å². The molecule has 0 aliphatic heterocycles. The smallest absolute Gasteiger partial charge is 0.0187 e. The number of hydrogen-bond donors (Lipinski definition) is 0. The van der Waals surface area contributed by atoms with Crippen LogP contribution >= 0.6 is 0 Å². The molecule has 1 rings (SSSR count). The van der Waals surface area contributed by atoms with Crippen molar-refractivity contribution in [3.63, 3.8) is 0 Å². The second-order valence-electron chi connectivity index (χ2n) is 3.06. The van der Waals surface area contributed by atoms with Gasteiger partial charge in [-0.2, -0.15) is 0 Å². The minimum atomic E-state index is 1.07. The molecule has 1 aromatic carbocycles. The summed E-state index contributed by atoms with van der Waals surface area (Å²) in [6, 6.07) is 8.20. The fraction of sp³-hybridized carbons (Fsp3) is 0.231. The van der Waals surface area contributed by atoms with Crippen LogP contribution in [0.1, 0.15) is 20.3 Å². The minimum Gasteiger partial charge on any atom is -0.0912 e. The van der Waals surface area contributed by atoms with Crippen LogP contribution in [-0.2, 0) is 0 Å². The van der Waals surface area contributed by atoms with Crippen LogP contribution in [0.2, 0.25) is 0 Å². The van der Waals surface area contributed by atoms with E-state index in [1.54, 1.807) is 0 Å². The van der Waals surface area contributed by atoms with Gasteiger partial charge in [0.1, 0.15) is 0 Å². The molecule has 0 unspecified atom stereocenters. The highest BCUT2D eigenvalue weighted by atomic mass is 13.9. The van der Waals surface area contributed by atoms with Crippen LogP contribution < -0.4 is 10.4 Å². The lowest BCUT2D eigenvalue weighted by atomic mass is 10.1. The van der Waals surface area contributed by atoms with Crippen molar-refractivity contribution < 1.29 is 0 Å². The summed E-state index contributed by atoms with van der Waals surface area (Å²) in [6.45, 7) is 8.22. The Kier molecular flexibility index (Phi) is 3.51. The lowest BCUT2D eigenvalue weighted by Crippen LogP contribution is -2.21. The van der Waals surface area contributed by atoms with Gasteiger partial charge in [0.25, 0.3) is 0 Å². The molecule has 0 spiro atoms. The van der Waals surface area contributed by atoms with Crippen LogP contribution in [0.15, 0.2) is 35.9 Å². The number of allylic oxidation sites excluding steroid dienone is 2. The second-order valence-corrected chi connectivity index (χ2v) is 3.06. The second kappa shape index (κ2) is 4.66. The fourth-order valence-corrected chi connectivity index (χ4v) is 1.26. The normalized spacial score (nSPS) is 13.4. The van der Waals surface area contributed by atoms with Gasteiger partial charge >= 0.3 is 0 Å². The van der Waals surface area contributed by atoms with E-state index < -0.39 is 0 Å². The maximum atomic E-state index is 3.98. The van der Waals surface area contributed by atoms with Crippen molar-refractivity contribution >= 4 is 12.7 Å². The van der Waals surface area contributed by atoms with Gasteiger partial charge in [0, 0.05) is 0 Å². The van der Waals surface area contributed by atoms with E-state index in [0.717, 1.165) is 11.6 Å². The number of hydrogen-bond acceptors (Lipinski definition) is 0. The molecule has 0 atom stereocenters. The van der Waals surface area contributed by atoms with Crippen LogP contribution in [0.25, 0.3) is 12.7 Å². The first kappa shape index (κ1) is 9.79. The van der Waals surface area contributed by atoms with Gasteiger partial charge in [-0.25, -0.2) is 0 Å². The van der Waals surface area contributed by atoms with E-state index >= 15 is 0 Å². The van der Waals surface area contributed by atoms with E-state index in [-0.39, 0.29) is 0 Å². The Labute approximate surface area is 79.9 Å². The number of rotatable bonds is 2. The molecule has 0 N–H and O–H groups in total. The van der Waals surface area contributed by atoms with Crippen molar-refractivity contribution in [3.05, 3.63) is 46.4 Å². The van der Waals surface area contributed by atoms with E-state index in [4.69, 9.17) is 0 Å². The highest BCUT2D eigenvalue weighted by Crippen LogP contribution is 1.99. The minimum absolute atomic E-state index is 1.07. The van der Waals surface area contributed by atoms with Crippen LogP contribution in [0, 0.1) is 0 Å². The molecular formula is C13H16. The van der Waals surface area contributed by atoms with E-state index in [2.05, 4.69) is 38.6 Å². The van der Waals surface area contributed by atoms with Gasteiger partial charge in [0.15, 0.2) is 0 Å². The van der Waals surface area contributed by atoms with Crippen LogP contribution in [0.4, 0.5) is 0 Å². The predicted octanol–water partition coefficient (Wildman–Crippen LogP) is 2.23. The molecule has 0 fully saturated rings. The first-order valence-corrected chi connectivity index (χ1v) is 4.68. The molecular weight excluding hydrogens is 156 g/mol. The molecule has 0 nitrogen and oxygen atoms in total. The molecule has 0 radical (unpaired) electrons. The molecule has 0 heteroatoms. The van der Waals surface area contributed by atoms with E-state index in [1.807, 2.05) is 18.2 Å². The van der Waals surface area contributed by atoms with E-state index in [1.165, 1.54) is 10.8 Å². The third kappa shape index (κ3) is 2.59. The van der Waals surface area contributed by atoms with Crippen molar-refractivity contribution in [2.45, 2.75) is 20.3 Å². The Bertz CT molecular complexity index is 396. The Morgan fingerprint density at radius 1 is 1.38 bits per heavy atom. The van der Waals surface area contributed by atoms with Gasteiger partial charge in [-0.1, -0.05) is 55.5 Å². The quantitative estimate of drug-likeness (QED) is 0.641. The molecule has 0 aliphatic carbocycles. The summed E-state index contributed by atoms with van der Waals surface area (Å²) < 4.78 is 0. The van der Waals surface area contributed by atoms with Gasteiger partial charge in [-0.05, 0) is 23.8 Å². The van der Waals surface area contributed by atoms with Gasteiger partial charge < -0.3 is 0 Å². The van der Waals surface area contributed by atoms with Crippen molar-refractivity contribution in [1.29, 1.82) is 0 Å². The Morgan fingerprint density at radius 3 is 2.62 bits per heavy atom. The summed E-state index contributed by atoms with van der Waals surface area (Å²) in [5, 5.41) is 2.31. The maximum absolute atomic E-state index is 3.98. The van der Waals surface area contributed by atoms with Crippen LogP contribution in [0.3, 0.4) is 0 Å². The Balaban J connectivity index is 3.22. The van der Waals surface area contributed by atoms with Gasteiger partial charge in [-0.15, -0.1) is 0 Å². The third-order valence-electron chi connectivity index (χ3n) is 2.18. The zero-order valence-corrected chi connectivity index (χ0v) is 8.38. The molecule has 68 valence electrons. The molecule has 1 aromatic rings. The predicted molar refractivity (Wildman–Crippen MR) is 59.7 cm³/mol. The summed E-state index contributed by atoms with van der Waals surface area (Å²) in [7, 11) is 0. The van der Waals surface area contributed by atoms with Crippen molar-refractivity contribution in [2.24, 2.45) is 0 Å². The average molecular weight is 172 g/mol. The zero-order chi connectivity index (χ0) is 9.68. The topological polar surface area (TPSA) is 0 Å². The van der Waals surface area contributed by atoms with E-state index in [0.29, 0.717) is 0 Å². The van der Waals surface area contributed by atoms with Crippen molar-refractivity contribution in [1.82, 2.24) is 0 Å². The zero-order valence-electron chi connectivity index (χ0n) is 8.38. The molecule has 0 amide bonds. The lowest BCUT2D eigenvalue weighted by Gasteiger charge is -1.94. The van der Waals surface area contributed by atoms with Gasteiger partial charge in [0.2, 0.25) is 0 Å². The standard InChI is InChI=1S/C13H16/c1-4-12(5-2)10-13-9-7-6-8-11(13)3/h4,6-10H,3,5H2,1-2H3/b12-4-,13-10-. The average Bonchev–Trinajstić information content (AvgIpc) is 2.17. The Hall–Kier alpha value is -1.30. The molecule has 0 saturated heterocycles. The highest BCUT2D eigenvalue weighted by Gasteiger charge is 1.86. The summed E-state index contributed by atoms with van der Waals surface area (Å²) in [6.07, 6.45) is 5.42.